The molecule has 19 heavy (non-hydrogen) atoms. The minimum atomic E-state index is -4.38. The van der Waals surface area contributed by atoms with Crippen LogP contribution in [0.4, 0.5) is 13.2 Å². The summed E-state index contributed by atoms with van der Waals surface area (Å²) in [6, 6.07) is 3.68. The van der Waals surface area contributed by atoms with Crippen molar-refractivity contribution in [1.82, 2.24) is 5.32 Å². The van der Waals surface area contributed by atoms with E-state index in [9.17, 15) is 18.0 Å². The zero-order valence-corrected chi connectivity index (χ0v) is 10.9. The summed E-state index contributed by atoms with van der Waals surface area (Å²) in [6.45, 7) is 3.67. The van der Waals surface area contributed by atoms with Crippen LogP contribution in [0.25, 0.3) is 0 Å². The number of nitrogens with one attached hydrogen (secondary N) is 1. The van der Waals surface area contributed by atoms with E-state index in [2.05, 4.69) is 10.1 Å². The molecular formula is C13H16F3NO2. The third-order valence-corrected chi connectivity index (χ3v) is 2.51. The molecule has 106 valence electrons. The van der Waals surface area contributed by atoms with E-state index in [0.717, 1.165) is 12.1 Å². The van der Waals surface area contributed by atoms with Gasteiger partial charge in [-0.1, -0.05) is 12.1 Å². The number of ether oxygens (including phenoxy) is 1. The maximum absolute atomic E-state index is 12.4. The van der Waals surface area contributed by atoms with Gasteiger partial charge in [0.25, 0.3) is 0 Å². The Morgan fingerprint density at radius 2 is 1.74 bits per heavy atom. The molecule has 3 nitrogen and oxygen atoms in total. The fourth-order valence-electron chi connectivity index (χ4n) is 1.62. The number of halogens is 3. The first-order valence-electron chi connectivity index (χ1n) is 5.76. The van der Waals surface area contributed by atoms with Gasteiger partial charge in [0, 0.05) is 6.04 Å². The molecule has 0 bridgehead atoms. The molecule has 0 aromatic heterocycles. The van der Waals surface area contributed by atoms with Crippen molar-refractivity contribution in [3.05, 3.63) is 35.4 Å². The summed E-state index contributed by atoms with van der Waals surface area (Å²) in [7, 11) is 1.24. The smallest absolute Gasteiger partial charge is 0.416 e. The molecule has 0 radical (unpaired) electrons. The molecule has 0 saturated heterocycles. The van der Waals surface area contributed by atoms with Crippen molar-refractivity contribution in [2.75, 3.05) is 7.11 Å². The molecule has 0 aliphatic carbocycles. The molecule has 0 spiro atoms. The summed E-state index contributed by atoms with van der Waals surface area (Å²) in [5, 5.41) is 2.95. The Hall–Kier alpha value is -1.56. The Kier molecular flexibility index (Phi) is 4.94. The van der Waals surface area contributed by atoms with E-state index in [4.69, 9.17) is 0 Å². The second-order valence-corrected chi connectivity index (χ2v) is 4.40. The van der Waals surface area contributed by atoms with Gasteiger partial charge in [-0.3, -0.25) is 5.32 Å². The molecule has 0 fully saturated rings. The lowest BCUT2D eigenvalue weighted by Crippen LogP contribution is -2.34. The van der Waals surface area contributed by atoms with Gasteiger partial charge in [-0.05, 0) is 31.5 Å². The molecular weight excluding hydrogens is 259 g/mol. The van der Waals surface area contributed by atoms with E-state index in [1.54, 1.807) is 0 Å². The molecule has 1 aromatic rings. The Morgan fingerprint density at radius 3 is 2.11 bits per heavy atom. The third kappa shape index (κ3) is 4.24. The molecule has 0 heterocycles. The van der Waals surface area contributed by atoms with Crippen LogP contribution in [0, 0.1) is 0 Å². The summed E-state index contributed by atoms with van der Waals surface area (Å²) < 4.78 is 42.0. The number of methoxy groups -OCH3 is 1. The molecule has 1 N–H and O–H groups in total. The quantitative estimate of drug-likeness (QED) is 0.859. The fraction of sp³-hybridized carbons (Fsp3) is 0.462. The summed E-state index contributed by atoms with van der Waals surface area (Å²) in [5.41, 5.74) is -0.307. The van der Waals surface area contributed by atoms with Gasteiger partial charge in [0.05, 0.1) is 12.7 Å². The highest BCUT2D eigenvalue weighted by Gasteiger charge is 2.31. The van der Waals surface area contributed by atoms with Crippen molar-refractivity contribution in [3.63, 3.8) is 0 Å². The maximum Gasteiger partial charge on any atom is 0.416 e. The van der Waals surface area contributed by atoms with Gasteiger partial charge in [-0.25, -0.2) is 4.79 Å². The number of carbonyl (C=O) groups excluding carboxylic acids is 1. The summed E-state index contributed by atoms with van der Waals surface area (Å²) in [4.78, 5) is 11.6. The topological polar surface area (TPSA) is 38.3 Å². The van der Waals surface area contributed by atoms with Crippen LogP contribution in [0.1, 0.15) is 31.0 Å². The third-order valence-electron chi connectivity index (χ3n) is 2.51. The normalized spacial score (nSPS) is 13.4. The number of hydrogen-bond donors (Lipinski definition) is 1. The molecule has 0 aliphatic rings. The average Bonchev–Trinajstić information content (AvgIpc) is 2.34. The van der Waals surface area contributed by atoms with Crippen molar-refractivity contribution in [2.45, 2.75) is 32.1 Å². The van der Waals surface area contributed by atoms with Gasteiger partial charge >= 0.3 is 12.1 Å². The molecule has 0 aliphatic heterocycles. The van der Waals surface area contributed by atoms with Gasteiger partial charge in [0.15, 0.2) is 0 Å². The molecule has 1 atom stereocenters. The maximum atomic E-state index is 12.4. The number of esters is 1. The molecule has 1 rings (SSSR count). The molecule has 1 aromatic carbocycles. The van der Waals surface area contributed by atoms with Crippen LogP contribution < -0.4 is 5.32 Å². The number of rotatable bonds is 4. The SMILES string of the molecule is COC(=O)C(NC(C)C)c1ccc(C(F)(F)F)cc1. The Morgan fingerprint density at radius 1 is 1.21 bits per heavy atom. The molecule has 0 saturated carbocycles. The second-order valence-electron chi connectivity index (χ2n) is 4.40. The van der Waals surface area contributed by atoms with Crippen molar-refractivity contribution >= 4 is 5.97 Å². The summed E-state index contributed by atoms with van der Waals surface area (Å²) in [5.74, 6) is -0.534. The number of hydrogen-bond acceptors (Lipinski definition) is 3. The average molecular weight is 275 g/mol. The van der Waals surface area contributed by atoms with Gasteiger partial charge < -0.3 is 4.74 Å². The Balaban J connectivity index is 3.00. The number of carbonyl (C=O) groups is 1. The predicted molar refractivity (Wildman–Crippen MR) is 64.5 cm³/mol. The highest BCUT2D eigenvalue weighted by Crippen LogP contribution is 2.30. The molecule has 1 unspecified atom stereocenters. The largest absolute Gasteiger partial charge is 0.468 e. The highest BCUT2D eigenvalue weighted by atomic mass is 19.4. The van der Waals surface area contributed by atoms with Crippen molar-refractivity contribution in [1.29, 1.82) is 0 Å². The second kappa shape index (κ2) is 6.06. The van der Waals surface area contributed by atoms with Crippen LogP contribution >= 0.6 is 0 Å². The predicted octanol–water partition coefficient (Wildman–Crippen LogP) is 2.92. The lowest BCUT2D eigenvalue weighted by Gasteiger charge is -2.19. The zero-order chi connectivity index (χ0) is 14.6. The first kappa shape index (κ1) is 15.5. The van der Waals surface area contributed by atoms with Crippen LogP contribution in [0.5, 0.6) is 0 Å². The van der Waals surface area contributed by atoms with E-state index in [-0.39, 0.29) is 6.04 Å². The summed E-state index contributed by atoms with van der Waals surface area (Å²) in [6.07, 6.45) is -4.38. The van der Waals surface area contributed by atoms with Crippen molar-refractivity contribution in [2.24, 2.45) is 0 Å². The fourth-order valence-corrected chi connectivity index (χ4v) is 1.62. The monoisotopic (exact) mass is 275 g/mol. The minimum Gasteiger partial charge on any atom is -0.468 e. The first-order chi connectivity index (χ1) is 8.75. The standard InChI is InChI=1S/C13H16F3NO2/c1-8(2)17-11(12(18)19-3)9-4-6-10(7-5-9)13(14,15)16/h4-8,11,17H,1-3H3. The van der Waals surface area contributed by atoms with Gasteiger partial charge in [-0.15, -0.1) is 0 Å². The van der Waals surface area contributed by atoms with Crippen LogP contribution in [-0.2, 0) is 15.7 Å². The number of alkyl halides is 3. The van der Waals surface area contributed by atoms with Gasteiger partial charge in [0.1, 0.15) is 6.04 Å². The van der Waals surface area contributed by atoms with Crippen molar-refractivity contribution in [3.8, 4) is 0 Å². The van der Waals surface area contributed by atoms with E-state index in [1.807, 2.05) is 13.8 Å². The molecule has 0 amide bonds. The van der Waals surface area contributed by atoms with E-state index in [0.29, 0.717) is 5.56 Å². The number of benzene rings is 1. The summed E-state index contributed by atoms with van der Waals surface area (Å²) >= 11 is 0. The van der Waals surface area contributed by atoms with Crippen LogP contribution in [-0.4, -0.2) is 19.1 Å². The lowest BCUT2D eigenvalue weighted by atomic mass is 10.0. The first-order valence-corrected chi connectivity index (χ1v) is 5.76. The zero-order valence-electron chi connectivity index (χ0n) is 10.9. The van der Waals surface area contributed by atoms with Crippen molar-refractivity contribution < 1.29 is 22.7 Å². The van der Waals surface area contributed by atoms with Crippen LogP contribution in [0.15, 0.2) is 24.3 Å². The van der Waals surface area contributed by atoms with Gasteiger partial charge in [0.2, 0.25) is 0 Å². The molecule has 6 heteroatoms. The Labute approximate surface area is 109 Å². The van der Waals surface area contributed by atoms with E-state index >= 15 is 0 Å². The Bertz CT molecular complexity index is 427. The van der Waals surface area contributed by atoms with Crippen LogP contribution in [0.2, 0.25) is 0 Å². The highest BCUT2D eigenvalue weighted by molar-refractivity contribution is 5.77. The van der Waals surface area contributed by atoms with E-state index in [1.165, 1.54) is 19.2 Å². The van der Waals surface area contributed by atoms with Crippen LogP contribution in [0.3, 0.4) is 0 Å². The van der Waals surface area contributed by atoms with Gasteiger partial charge in [-0.2, -0.15) is 13.2 Å². The minimum absolute atomic E-state index is 0.00797. The van der Waals surface area contributed by atoms with E-state index < -0.39 is 23.8 Å². The lowest BCUT2D eigenvalue weighted by molar-refractivity contribution is -0.143.